The molecule has 0 bridgehead atoms. The Morgan fingerprint density at radius 1 is 1.50 bits per heavy atom. The van der Waals surface area contributed by atoms with E-state index in [-0.39, 0.29) is 18.5 Å². The Hall–Kier alpha value is -2.64. The lowest BCUT2D eigenvalue weighted by Crippen LogP contribution is -2.40. The average molecular weight is 277 g/mol. The monoisotopic (exact) mass is 277 g/mol. The molecule has 0 aliphatic carbocycles. The van der Waals surface area contributed by atoms with E-state index in [1.165, 1.54) is 23.9 Å². The van der Waals surface area contributed by atoms with Crippen molar-refractivity contribution in [3.05, 3.63) is 51.3 Å². The molecule has 0 aromatic carbocycles. The van der Waals surface area contributed by atoms with Crippen LogP contribution in [0.1, 0.15) is 18.8 Å². The highest BCUT2D eigenvalue weighted by Gasteiger charge is 2.12. The van der Waals surface area contributed by atoms with Gasteiger partial charge in [0, 0.05) is 31.7 Å². The first kappa shape index (κ1) is 13.8. The molecule has 2 aromatic heterocycles. The predicted octanol–water partition coefficient (Wildman–Crippen LogP) is -0.852. The number of carbonyl (C=O) groups is 1. The van der Waals surface area contributed by atoms with Gasteiger partial charge in [-0.2, -0.15) is 0 Å². The van der Waals surface area contributed by atoms with Crippen LogP contribution in [0.15, 0.2) is 34.2 Å². The highest BCUT2D eigenvalue weighted by Crippen LogP contribution is 2.04. The van der Waals surface area contributed by atoms with Gasteiger partial charge >= 0.3 is 5.69 Å². The Balaban J connectivity index is 2.07. The van der Waals surface area contributed by atoms with Crippen molar-refractivity contribution in [1.82, 2.24) is 24.4 Å². The van der Waals surface area contributed by atoms with Crippen LogP contribution in [0.4, 0.5) is 0 Å². The maximum atomic E-state index is 11.9. The number of H-pyrrole nitrogens is 1. The summed E-state index contributed by atoms with van der Waals surface area (Å²) in [6.07, 6.45) is 4.56. The van der Waals surface area contributed by atoms with Gasteiger partial charge in [0.05, 0.1) is 6.04 Å². The minimum Gasteiger partial charge on any atom is -0.347 e. The first-order valence-electron chi connectivity index (χ1n) is 6.04. The molecule has 1 amide bonds. The lowest BCUT2D eigenvalue weighted by molar-refractivity contribution is -0.122. The summed E-state index contributed by atoms with van der Waals surface area (Å²) in [5, 5.41) is 2.71. The number of hydrogen-bond acceptors (Lipinski definition) is 4. The number of aromatic amines is 1. The van der Waals surface area contributed by atoms with Gasteiger partial charge in [-0.25, -0.2) is 9.78 Å². The summed E-state index contributed by atoms with van der Waals surface area (Å²) in [5.74, 6) is 0.292. The van der Waals surface area contributed by atoms with E-state index in [9.17, 15) is 14.4 Å². The fourth-order valence-corrected chi connectivity index (χ4v) is 1.76. The normalized spacial score (nSPS) is 12.1. The van der Waals surface area contributed by atoms with Crippen LogP contribution >= 0.6 is 0 Å². The summed E-state index contributed by atoms with van der Waals surface area (Å²) in [6.45, 7) is 1.62. The number of hydrogen-bond donors (Lipinski definition) is 2. The van der Waals surface area contributed by atoms with Gasteiger partial charge in [0.15, 0.2) is 0 Å². The number of rotatable bonds is 4. The molecule has 1 unspecified atom stereocenters. The van der Waals surface area contributed by atoms with Crippen LogP contribution < -0.4 is 16.6 Å². The van der Waals surface area contributed by atoms with Gasteiger partial charge in [-0.1, -0.05) is 0 Å². The van der Waals surface area contributed by atoms with Crippen LogP contribution in [0.5, 0.6) is 0 Å². The average Bonchev–Trinajstić information content (AvgIpc) is 2.93. The second kappa shape index (κ2) is 5.55. The van der Waals surface area contributed by atoms with Crippen molar-refractivity contribution in [2.75, 3.05) is 0 Å². The largest absolute Gasteiger partial charge is 0.347 e. The zero-order valence-electron chi connectivity index (χ0n) is 11.2. The van der Waals surface area contributed by atoms with Crippen molar-refractivity contribution in [3.8, 4) is 0 Å². The Morgan fingerprint density at radius 2 is 2.25 bits per heavy atom. The van der Waals surface area contributed by atoms with E-state index >= 15 is 0 Å². The summed E-state index contributed by atoms with van der Waals surface area (Å²) < 4.78 is 2.12. The minimum atomic E-state index is -0.529. The first-order chi connectivity index (χ1) is 9.49. The molecule has 1 atom stereocenters. The third-order valence-corrected chi connectivity index (χ3v) is 2.88. The Bertz CT molecular complexity index is 713. The maximum absolute atomic E-state index is 11.9. The molecule has 8 nitrogen and oxygen atoms in total. The second-order valence-electron chi connectivity index (χ2n) is 4.39. The Morgan fingerprint density at radius 3 is 2.90 bits per heavy atom. The van der Waals surface area contributed by atoms with Crippen molar-refractivity contribution >= 4 is 5.91 Å². The molecular formula is C12H15N5O3. The standard InChI is InChI=1S/C12H15N5O3/c1-8(11-13-4-5-14-11)15-9(18)7-17-6-3-10(19)16(2)12(17)20/h3-6,8H,7H2,1-2H3,(H,13,14)(H,15,18). The van der Waals surface area contributed by atoms with Gasteiger partial charge < -0.3 is 10.3 Å². The Labute approximate surface area is 114 Å². The molecule has 0 aliphatic heterocycles. The molecular weight excluding hydrogens is 262 g/mol. The van der Waals surface area contributed by atoms with Crippen LogP contribution in [0.2, 0.25) is 0 Å². The molecule has 2 heterocycles. The van der Waals surface area contributed by atoms with E-state index in [1.807, 2.05) is 0 Å². The van der Waals surface area contributed by atoms with Gasteiger partial charge in [0.1, 0.15) is 12.4 Å². The highest BCUT2D eigenvalue weighted by atomic mass is 16.2. The molecule has 0 spiro atoms. The van der Waals surface area contributed by atoms with Crippen LogP contribution in [0.3, 0.4) is 0 Å². The Kier molecular flexibility index (Phi) is 3.83. The number of nitrogens with one attached hydrogen (secondary N) is 2. The van der Waals surface area contributed by atoms with Gasteiger partial charge in [0.2, 0.25) is 5.91 Å². The van der Waals surface area contributed by atoms with Gasteiger partial charge in [-0.15, -0.1) is 0 Å². The van der Waals surface area contributed by atoms with Crippen molar-refractivity contribution in [3.63, 3.8) is 0 Å². The third-order valence-electron chi connectivity index (χ3n) is 2.88. The van der Waals surface area contributed by atoms with Crippen LogP contribution in [0, 0.1) is 0 Å². The minimum absolute atomic E-state index is 0.155. The molecule has 0 radical (unpaired) electrons. The topological polar surface area (TPSA) is 102 Å². The van der Waals surface area contributed by atoms with E-state index < -0.39 is 11.2 Å². The number of carbonyl (C=O) groups excluding carboxylic acids is 1. The summed E-state index contributed by atoms with van der Waals surface area (Å²) >= 11 is 0. The molecule has 2 aromatic rings. The number of nitrogens with zero attached hydrogens (tertiary/aromatic N) is 3. The summed E-state index contributed by atoms with van der Waals surface area (Å²) in [5.41, 5.74) is -0.936. The molecule has 2 N–H and O–H groups in total. The van der Waals surface area contributed by atoms with Gasteiger partial charge in [-0.05, 0) is 6.92 Å². The van der Waals surface area contributed by atoms with E-state index in [0.29, 0.717) is 5.82 Å². The quantitative estimate of drug-likeness (QED) is 0.759. The molecule has 8 heteroatoms. The van der Waals surface area contributed by atoms with E-state index in [1.54, 1.807) is 19.3 Å². The van der Waals surface area contributed by atoms with Crippen molar-refractivity contribution < 1.29 is 4.79 Å². The molecule has 0 fully saturated rings. The molecule has 106 valence electrons. The molecule has 2 rings (SSSR count). The molecule has 20 heavy (non-hydrogen) atoms. The smallest absolute Gasteiger partial charge is 0.331 e. The third kappa shape index (κ3) is 2.85. The fourth-order valence-electron chi connectivity index (χ4n) is 1.76. The van der Waals surface area contributed by atoms with E-state index in [0.717, 1.165) is 4.57 Å². The van der Waals surface area contributed by atoms with Gasteiger partial charge in [-0.3, -0.25) is 18.7 Å². The SMILES string of the molecule is CC(NC(=O)Cn1ccc(=O)n(C)c1=O)c1ncc[nH]1. The first-order valence-corrected chi connectivity index (χ1v) is 6.04. The van der Waals surface area contributed by atoms with E-state index in [2.05, 4.69) is 15.3 Å². The number of aromatic nitrogens is 4. The van der Waals surface area contributed by atoms with E-state index in [4.69, 9.17) is 0 Å². The molecule has 0 saturated carbocycles. The van der Waals surface area contributed by atoms with Crippen molar-refractivity contribution in [1.29, 1.82) is 0 Å². The number of amides is 1. The summed E-state index contributed by atoms with van der Waals surface area (Å²) in [7, 11) is 1.37. The maximum Gasteiger partial charge on any atom is 0.331 e. The molecule has 0 aliphatic rings. The number of imidazole rings is 1. The van der Waals surface area contributed by atoms with Crippen LogP contribution in [-0.4, -0.2) is 25.0 Å². The summed E-state index contributed by atoms with van der Waals surface area (Å²) in [4.78, 5) is 41.8. The summed E-state index contributed by atoms with van der Waals surface area (Å²) in [6, 6.07) is 0.950. The predicted molar refractivity (Wildman–Crippen MR) is 71.1 cm³/mol. The van der Waals surface area contributed by atoms with Crippen LogP contribution in [0.25, 0.3) is 0 Å². The highest BCUT2D eigenvalue weighted by molar-refractivity contribution is 5.76. The second-order valence-corrected chi connectivity index (χ2v) is 4.39. The van der Waals surface area contributed by atoms with Crippen molar-refractivity contribution in [2.45, 2.75) is 19.5 Å². The van der Waals surface area contributed by atoms with Gasteiger partial charge in [0.25, 0.3) is 5.56 Å². The van der Waals surface area contributed by atoms with Crippen molar-refractivity contribution in [2.24, 2.45) is 7.05 Å². The lowest BCUT2D eigenvalue weighted by Gasteiger charge is -2.12. The van der Waals surface area contributed by atoms with Crippen LogP contribution in [-0.2, 0) is 18.4 Å². The lowest BCUT2D eigenvalue weighted by atomic mass is 10.3. The molecule has 0 saturated heterocycles. The zero-order valence-corrected chi connectivity index (χ0v) is 11.2. The fraction of sp³-hybridized carbons (Fsp3) is 0.333. The zero-order chi connectivity index (χ0) is 14.7.